The fourth-order valence-corrected chi connectivity index (χ4v) is 1.87. The molecule has 18 heavy (non-hydrogen) atoms. The van der Waals surface area contributed by atoms with Crippen molar-refractivity contribution in [3.8, 4) is 0 Å². The van der Waals surface area contributed by atoms with Crippen LogP contribution >= 0.6 is 0 Å². The van der Waals surface area contributed by atoms with Gasteiger partial charge in [-0.15, -0.1) is 0 Å². The number of fused-ring (bicyclic) bond motifs is 1. The molecule has 0 radical (unpaired) electrons. The Balaban J connectivity index is 1.93. The van der Waals surface area contributed by atoms with Crippen LogP contribution < -0.4 is 5.73 Å². The van der Waals surface area contributed by atoms with E-state index in [1.807, 2.05) is 48.6 Å². The van der Waals surface area contributed by atoms with Crippen LogP contribution in [0.4, 0.5) is 5.69 Å². The fraction of sp³-hybridized carbons (Fsp3) is 0. The van der Waals surface area contributed by atoms with Crippen molar-refractivity contribution in [3.05, 3.63) is 59.9 Å². The summed E-state index contributed by atoms with van der Waals surface area (Å²) >= 11 is 0. The molecule has 0 spiro atoms. The van der Waals surface area contributed by atoms with Crippen LogP contribution in [0.2, 0.25) is 0 Å². The Bertz CT molecular complexity index is 696. The van der Waals surface area contributed by atoms with Gasteiger partial charge in [-0.3, -0.25) is 0 Å². The Hall–Kier alpha value is -2.55. The van der Waals surface area contributed by atoms with Gasteiger partial charge in [0.1, 0.15) is 5.82 Å². The van der Waals surface area contributed by atoms with Gasteiger partial charge in [-0.1, -0.05) is 36.4 Å². The topological polar surface area (TPSA) is 54.7 Å². The van der Waals surface area contributed by atoms with E-state index in [1.165, 1.54) is 0 Å². The number of benzene rings is 2. The summed E-state index contributed by atoms with van der Waals surface area (Å²) in [7, 11) is 0. The largest absolute Gasteiger partial charge is 0.399 e. The van der Waals surface area contributed by atoms with Crippen molar-refractivity contribution in [2.24, 2.45) is 0 Å². The number of anilines is 1. The minimum absolute atomic E-state index is 0.740. The third-order valence-electron chi connectivity index (χ3n) is 2.76. The molecule has 1 aromatic heterocycles. The van der Waals surface area contributed by atoms with Crippen LogP contribution in [0.1, 0.15) is 11.4 Å². The van der Waals surface area contributed by atoms with Gasteiger partial charge in [0, 0.05) is 5.69 Å². The molecular formula is C15H13N3. The highest BCUT2D eigenvalue weighted by molar-refractivity contribution is 5.81. The van der Waals surface area contributed by atoms with E-state index in [1.54, 1.807) is 0 Å². The number of nitrogens with zero attached hydrogens (tertiary/aromatic N) is 1. The summed E-state index contributed by atoms with van der Waals surface area (Å²) in [4.78, 5) is 7.70. The molecule has 3 N–H and O–H groups in total. The highest BCUT2D eigenvalue weighted by atomic mass is 14.9. The van der Waals surface area contributed by atoms with E-state index in [0.717, 1.165) is 28.1 Å². The molecular weight excluding hydrogens is 222 g/mol. The summed E-state index contributed by atoms with van der Waals surface area (Å²) < 4.78 is 0. The van der Waals surface area contributed by atoms with Gasteiger partial charge in [0.25, 0.3) is 0 Å². The Labute approximate surface area is 105 Å². The third-order valence-corrected chi connectivity index (χ3v) is 2.76. The van der Waals surface area contributed by atoms with Crippen molar-refractivity contribution in [2.45, 2.75) is 0 Å². The van der Waals surface area contributed by atoms with Gasteiger partial charge in [-0.25, -0.2) is 4.98 Å². The first-order valence-corrected chi connectivity index (χ1v) is 5.80. The summed E-state index contributed by atoms with van der Waals surface area (Å²) in [5.41, 5.74) is 9.51. The SMILES string of the molecule is Nc1ccc2nc(/C=C/c3ccccc3)[nH]c2c1. The third kappa shape index (κ3) is 2.11. The van der Waals surface area contributed by atoms with E-state index in [0.29, 0.717) is 0 Å². The summed E-state index contributed by atoms with van der Waals surface area (Å²) in [6.45, 7) is 0. The van der Waals surface area contributed by atoms with Crippen molar-refractivity contribution >= 4 is 28.9 Å². The molecule has 0 unspecified atom stereocenters. The molecule has 3 aromatic rings. The number of nitrogen functional groups attached to an aromatic ring is 1. The molecule has 2 aromatic carbocycles. The maximum atomic E-state index is 5.73. The number of hydrogen-bond acceptors (Lipinski definition) is 2. The number of nitrogens with one attached hydrogen (secondary N) is 1. The van der Waals surface area contributed by atoms with Gasteiger partial charge in [0.2, 0.25) is 0 Å². The lowest BCUT2D eigenvalue weighted by atomic mass is 10.2. The zero-order valence-corrected chi connectivity index (χ0v) is 9.80. The average molecular weight is 235 g/mol. The predicted octanol–water partition coefficient (Wildman–Crippen LogP) is 3.32. The normalized spacial score (nSPS) is 11.3. The number of nitrogens with two attached hydrogens (primary N) is 1. The van der Waals surface area contributed by atoms with Crippen LogP contribution in [-0.4, -0.2) is 9.97 Å². The van der Waals surface area contributed by atoms with Crippen LogP contribution in [-0.2, 0) is 0 Å². The number of H-pyrrole nitrogens is 1. The number of aromatic amines is 1. The van der Waals surface area contributed by atoms with Crippen LogP contribution in [0.5, 0.6) is 0 Å². The first-order valence-electron chi connectivity index (χ1n) is 5.80. The van der Waals surface area contributed by atoms with E-state index >= 15 is 0 Å². The molecule has 0 saturated heterocycles. The van der Waals surface area contributed by atoms with Crippen LogP contribution in [0.25, 0.3) is 23.2 Å². The smallest absolute Gasteiger partial charge is 0.131 e. The Morgan fingerprint density at radius 3 is 2.67 bits per heavy atom. The quantitative estimate of drug-likeness (QED) is 0.669. The maximum absolute atomic E-state index is 5.73. The molecule has 0 amide bonds. The van der Waals surface area contributed by atoms with E-state index in [4.69, 9.17) is 5.73 Å². The molecule has 1 heterocycles. The summed E-state index contributed by atoms with van der Waals surface area (Å²) in [5, 5.41) is 0. The lowest BCUT2D eigenvalue weighted by molar-refractivity contribution is 1.29. The Morgan fingerprint density at radius 1 is 1.00 bits per heavy atom. The van der Waals surface area contributed by atoms with Crippen molar-refractivity contribution < 1.29 is 0 Å². The predicted molar refractivity (Wildman–Crippen MR) is 75.9 cm³/mol. The van der Waals surface area contributed by atoms with Gasteiger partial charge in [0.15, 0.2) is 0 Å². The van der Waals surface area contributed by atoms with E-state index in [-0.39, 0.29) is 0 Å². The van der Waals surface area contributed by atoms with E-state index in [2.05, 4.69) is 22.1 Å². The second kappa shape index (κ2) is 4.37. The minimum atomic E-state index is 0.740. The molecule has 3 nitrogen and oxygen atoms in total. The molecule has 0 fully saturated rings. The molecule has 3 heteroatoms. The number of imidazole rings is 1. The van der Waals surface area contributed by atoms with Crippen LogP contribution in [0.15, 0.2) is 48.5 Å². The van der Waals surface area contributed by atoms with Crippen molar-refractivity contribution in [2.75, 3.05) is 5.73 Å². The maximum Gasteiger partial charge on any atom is 0.131 e. The van der Waals surface area contributed by atoms with Crippen molar-refractivity contribution in [1.82, 2.24) is 9.97 Å². The summed E-state index contributed by atoms with van der Waals surface area (Å²) in [5.74, 6) is 0.833. The Kier molecular flexibility index (Phi) is 2.57. The molecule has 0 bridgehead atoms. The minimum Gasteiger partial charge on any atom is -0.399 e. The standard InChI is InChI=1S/C15H13N3/c16-12-7-8-13-14(10-12)18-15(17-13)9-6-11-4-2-1-3-5-11/h1-10H,16H2,(H,17,18)/b9-6+. The zero-order chi connectivity index (χ0) is 12.4. The highest BCUT2D eigenvalue weighted by Gasteiger charge is 1.99. The summed E-state index contributed by atoms with van der Waals surface area (Å²) in [6.07, 6.45) is 3.99. The Morgan fingerprint density at radius 2 is 1.83 bits per heavy atom. The van der Waals surface area contributed by atoms with Gasteiger partial charge in [-0.05, 0) is 29.8 Å². The van der Waals surface area contributed by atoms with Crippen LogP contribution in [0, 0.1) is 0 Å². The first-order chi connectivity index (χ1) is 8.81. The first kappa shape index (κ1) is 10.6. The van der Waals surface area contributed by atoms with Gasteiger partial charge < -0.3 is 10.7 Å². The second-order valence-electron chi connectivity index (χ2n) is 4.14. The molecule has 0 atom stereocenters. The molecule has 0 saturated carbocycles. The van der Waals surface area contributed by atoms with Gasteiger partial charge in [0.05, 0.1) is 11.0 Å². The summed E-state index contributed by atoms with van der Waals surface area (Å²) in [6, 6.07) is 15.8. The average Bonchev–Trinajstić information content (AvgIpc) is 2.79. The number of aromatic nitrogens is 2. The lowest BCUT2D eigenvalue weighted by Crippen LogP contribution is -1.82. The van der Waals surface area contributed by atoms with Crippen molar-refractivity contribution in [3.63, 3.8) is 0 Å². The molecule has 0 aliphatic heterocycles. The molecule has 0 aliphatic carbocycles. The number of hydrogen-bond donors (Lipinski definition) is 2. The van der Waals surface area contributed by atoms with Gasteiger partial charge >= 0.3 is 0 Å². The molecule has 88 valence electrons. The lowest BCUT2D eigenvalue weighted by Gasteiger charge is -1.90. The second-order valence-corrected chi connectivity index (χ2v) is 4.14. The van der Waals surface area contributed by atoms with E-state index in [9.17, 15) is 0 Å². The molecule has 0 aliphatic rings. The van der Waals surface area contributed by atoms with Crippen molar-refractivity contribution in [1.29, 1.82) is 0 Å². The van der Waals surface area contributed by atoms with Gasteiger partial charge in [-0.2, -0.15) is 0 Å². The fourth-order valence-electron chi connectivity index (χ4n) is 1.87. The highest BCUT2D eigenvalue weighted by Crippen LogP contribution is 2.16. The van der Waals surface area contributed by atoms with E-state index < -0.39 is 0 Å². The monoisotopic (exact) mass is 235 g/mol. The zero-order valence-electron chi connectivity index (χ0n) is 9.80. The van der Waals surface area contributed by atoms with Crippen LogP contribution in [0.3, 0.4) is 0 Å². The number of rotatable bonds is 2. The molecule has 3 rings (SSSR count).